The zero-order chi connectivity index (χ0) is 10.3. The Morgan fingerprint density at radius 2 is 1.62 bits per heavy atom. The van der Waals surface area contributed by atoms with Crippen LogP contribution in [0.25, 0.3) is 0 Å². The van der Waals surface area contributed by atoms with Crippen molar-refractivity contribution in [2.45, 2.75) is 65.9 Å². The van der Waals surface area contributed by atoms with E-state index in [1.165, 1.54) is 25.7 Å². The highest BCUT2D eigenvalue weighted by molar-refractivity contribution is 4.65. The van der Waals surface area contributed by atoms with Crippen molar-refractivity contribution in [2.75, 3.05) is 0 Å². The lowest BCUT2D eigenvalue weighted by molar-refractivity contribution is 0.113. The van der Waals surface area contributed by atoms with E-state index < -0.39 is 0 Å². The highest BCUT2D eigenvalue weighted by atomic mass is 16.3. The molecule has 0 saturated carbocycles. The first kappa shape index (κ1) is 13.0. The van der Waals surface area contributed by atoms with E-state index in [0.29, 0.717) is 5.92 Å². The fourth-order valence-corrected chi connectivity index (χ4v) is 1.92. The molecule has 0 spiro atoms. The Bertz CT molecular complexity index is 110. The average Bonchev–Trinajstić information content (AvgIpc) is 2.05. The second-order valence-corrected chi connectivity index (χ2v) is 4.38. The van der Waals surface area contributed by atoms with E-state index in [1.807, 2.05) is 6.92 Å². The van der Waals surface area contributed by atoms with E-state index in [9.17, 15) is 5.11 Å². The molecule has 1 N–H and O–H groups in total. The molecule has 0 saturated heterocycles. The third-order valence-corrected chi connectivity index (χ3v) is 3.02. The molecule has 0 heterocycles. The maximum absolute atomic E-state index is 9.45. The largest absolute Gasteiger partial charge is 0.393 e. The van der Waals surface area contributed by atoms with Gasteiger partial charge in [-0.2, -0.15) is 0 Å². The Kier molecular flexibility index (Phi) is 7.35. The van der Waals surface area contributed by atoms with Crippen molar-refractivity contribution in [3.8, 4) is 0 Å². The first-order valence-corrected chi connectivity index (χ1v) is 5.79. The molecule has 0 rings (SSSR count). The second-order valence-electron chi connectivity index (χ2n) is 4.38. The molecule has 3 atom stereocenters. The van der Waals surface area contributed by atoms with Crippen LogP contribution in [0.1, 0.15) is 59.8 Å². The van der Waals surface area contributed by atoms with E-state index in [1.54, 1.807) is 0 Å². The van der Waals surface area contributed by atoms with Gasteiger partial charge in [0, 0.05) is 0 Å². The minimum absolute atomic E-state index is 0.126. The Hall–Kier alpha value is -0.0400. The molecule has 3 unspecified atom stereocenters. The summed E-state index contributed by atoms with van der Waals surface area (Å²) in [5, 5.41) is 9.45. The van der Waals surface area contributed by atoms with Gasteiger partial charge in [0.2, 0.25) is 0 Å². The monoisotopic (exact) mass is 186 g/mol. The Morgan fingerprint density at radius 3 is 2.00 bits per heavy atom. The van der Waals surface area contributed by atoms with E-state index in [2.05, 4.69) is 20.8 Å². The predicted molar refractivity (Wildman–Crippen MR) is 58.8 cm³/mol. The molecule has 0 fully saturated rings. The molecule has 0 bridgehead atoms. The third kappa shape index (κ3) is 6.09. The van der Waals surface area contributed by atoms with Gasteiger partial charge in [0.05, 0.1) is 6.10 Å². The fourth-order valence-electron chi connectivity index (χ4n) is 1.92. The van der Waals surface area contributed by atoms with E-state index in [0.717, 1.165) is 12.3 Å². The van der Waals surface area contributed by atoms with Crippen LogP contribution in [-0.4, -0.2) is 11.2 Å². The van der Waals surface area contributed by atoms with E-state index >= 15 is 0 Å². The molecular formula is C12H26O. The maximum Gasteiger partial charge on any atom is 0.0540 e. The van der Waals surface area contributed by atoms with Crippen molar-refractivity contribution in [1.82, 2.24) is 0 Å². The summed E-state index contributed by atoms with van der Waals surface area (Å²) in [5.74, 6) is 1.34. The summed E-state index contributed by atoms with van der Waals surface area (Å²) in [6.45, 7) is 8.64. The van der Waals surface area contributed by atoms with Crippen molar-refractivity contribution in [3.05, 3.63) is 0 Å². The van der Waals surface area contributed by atoms with Crippen molar-refractivity contribution in [1.29, 1.82) is 0 Å². The van der Waals surface area contributed by atoms with Crippen LogP contribution >= 0.6 is 0 Å². The summed E-state index contributed by atoms with van der Waals surface area (Å²) in [5.41, 5.74) is 0. The van der Waals surface area contributed by atoms with Gasteiger partial charge in [-0.15, -0.1) is 0 Å². The van der Waals surface area contributed by atoms with Crippen molar-refractivity contribution in [3.63, 3.8) is 0 Å². The summed E-state index contributed by atoms with van der Waals surface area (Å²) in [6.07, 6.45) is 6.06. The van der Waals surface area contributed by atoms with Crippen LogP contribution in [-0.2, 0) is 0 Å². The standard InChI is InChI=1S/C12H26O/c1-5-7-10(3)8-9-12(6-2)11(4)13/h10-13H,5-9H2,1-4H3. The molecule has 0 amide bonds. The van der Waals surface area contributed by atoms with Gasteiger partial charge in [-0.05, 0) is 25.2 Å². The van der Waals surface area contributed by atoms with E-state index in [4.69, 9.17) is 0 Å². The van der Waals surface area contributed by atoms with E-state index in [-0.39, 0.29) is 6.10 Å². The van der Waals surface area contributed by atoms with Crippen molar-refractivity contribution >= 4 is 0 Å². The van der Waals surface area contributed by atoms with Gasteiger partial charge in [-0.1, -0.05) is 46.5 Å². The lowest BCUT2D eigenvalue weighted by atomic mass is 9.90. The molecule has 1 nitrogen and oxygen atoms in total. The molecule has 80 valence electrons. The zero-order valence-electron chi connectivity index (χ0n) is 9.71. The lowest BCUT2D eigenvalue weighted by Gasteiger charge is -2.19. The first-order chi connectivity index (χ1) is 6.11. The minimum atomic E-state index is -0.126. The summed E-state index contributed by atoms with van der Waals surface area (Å²) < 4.78 is 0. The van der Waals surface area contributed by atoms with Gasteiger partial charge in [-0.3, -0.25) is 0 Å². The van der Waals surface area contributed by atoms with Crippen LogP contribution in [0.15, 0.2) is 0 Å². The fraction of sp³-hybridized carbons (Fsp3) is 1.00. The second kappa shape index (κ2) is 7.37. The summed E-state index contributed by atoms with van der Waals surface area (Å²) in [6, 6.07) is 0. The summed E-state index contributed by atoms with van der Waals surface area (Å²) in [7, 11) is 0. The molecular weight excluding hydrogens is 160 g/mol. The van der Waals surface area contributed by atoms with Crippen LogP contribution in [0, 0.1) is 11.8 Å². The van der Waals surface area contributed by atoms with Gasteiger partial charge in [0.1, 0.15) is 0 Å². The van der Waals surface area contributed by atoms with Gasteiger partial charge >= 0.3 is 0 Å². The van der Waals surface area contributed by atoms with Gasteiger partial charge in [0.25, 0.3) is 0 Å². The number of aliphatic hydroxyl groups is 1. The lowest BCUT2D eigenvalue weighted by Crippen LogP contribution is -2.16. The smallest absolute Gasteiger partial charge is 0.0540 e. The SMILES string of the molecule is CCCC(C)CCC(CC)C(C)O. The highest BCUT2D eigenvalue weighted by Crippen LogP contribution is 2.21. The Morgan fingerprint density at radius 1 is 1.00 bits per heavy atom. The van der Waals surface area contributed by atoms with Crippen molar-refractivity contribution in [2.24, 2.45) is 11.8 Å². The average molecular weight is 186 g/mol. The van der Waals surface area contributed by atoms with Crippen LogP contribution in [0.2, 0.25) is 0 Å². The molecule has 1 heteroatoms. The predicted octanol–water partition coefficient (Wildman–Crippen LogP) is 3.61. The van der Waals surface area contributed by atoms with Gasteiger partial charge < -0.3 is 5.11 Å². The Balaban J connectivity index is 3.59. The number of hydrogen-bond acceptors (Lipinski definition) is 1. The maximum atomic E-state index is 9.45. The van der Waals surface area contributed by atoms with Crippen molar-refractivity contribution < 1.29 is 5.11 Å². The summed E-state index contributed by atoms with van der Waals surface area (Å²) in [4.78, 5) is 0. The number of rotatable bonds is 7. The topological polar surface area (TPSA) is 20.2 Å². The molecule has 13 heavy (non-hydrogen) atoms. The van der Waals surface area contributed by atoms with Crippen LogP contribution in [0.4, 0.5) is 0 Å². The number of aliphatic hydroxyl groups excluding tert-OH is 1. The molecule has 0 aliphatic rings. The van der Waals surface area contributed by atoms with Gasteiger partial charge in [-0.25, -0.2) is 0 Å². The van der Waals surface area contributed by atoms with Crippen LogP contribution in [0.3, 0.4) is 0 Å². The molecule has 0 radical (unpaired) electrons. The normalized spacial score (nSPS) is 18.2. The molecule has 0 aromatic rings. The highest BCUT2D eigenvalue weighted by Gasteiger charge is 2.13. The quantitative estimate of drug-likeness (QED) is 0.644. The molecule has 0 aliphatic carbocycles. The molecule has 0 aliphatic heterocycles. The van der Waals surface area contributed by atoms with Crippen LogP contribution < -0.4 is 0 Å². The zero-order valence-corrected chi connectivity index (χ0v) is 9.71. The first-order valence-electron chi connectivity index (χ1n) is 5.79. The number of hydrogen-bond donors (Lipinski definition) is 1. The molecule has 0 aromatic heterocycles. The van der Waals surface area contributed by atoms with Crippen LogP contribution in [0.5, 0.6) is 0 Å². The summed E-state index contributed by atoms with van der Waals surface area (Å²) >= 11 is 0. The minimum Gasteiger partial charge on any atom is -0.393 e. The molecule has 0 aromatic carbocycles. The Labute approximate surface area is 83.5 Å². The van der Waals surface area contributed by atoms with Gasteiger partial charge in [0.15, 0.2) is 0 Å². The third-order valence-electron chi connectivity index (χ3n) is 3.02.